The van der Waals surface area contributed by atoms with Crippen LogP contribution in [0, 0.1) is 0 Å². The summed E-state index contributed by atoms with van der Waals surface area (Å²) in [6, 6.07) is 1.38. The molecule has 3 aromatic heterocycles. The van der Waals surface area contributed by atoms with Crippen LogP contribution >= 0.6 is 0 Å². The summed E-state index contributed by atoms with van der Waals surface area (Å²) in [5.74, 6) is 0.0882. The first kappa shape index (κ1) is 15.5. The van der Waals surface area contributed by atoms with Gasteiger partial charge in [-0.15, -0.1) is 0 Å². The monoisotopic (exact) mass is 339 g/mol. The first-order chi connectivity index (χ1) is 12.1. The van der Waals surface area contributed by atoms with Crippen LogP contribution in [0.3, 0.4) is 0 Å². The number of carbonyl (C=O) groups is 1. The number of fused-ring (bicyclic) bond motifs is 2. The molecule has 25 heavy (non-hydrogen) atoms. The molecule has 0 aliphatic carbocycles. The molecule has 1 aliphatic rings. The van der Waals surface area contributed by atoms with E-state index in [1.807, 2.05) is 6.07 Å². The van der Waals surface area contributed by atoms with Crippen molar-refractivity contribution in [2.24, 2.45) is 0 Å². The van der Waals surface area contributed by atoms with E-state index >= 15 is 0 Å². The second-order valence-corrected chi connectivity index (χ2v) is 5.88. The van der Waals surface area contributed by atoms with Crippen LogP contribution in [0.2, 0.25) is 0 Å². The molecule has 0 fully saturated rings. The van der Waals surface area contributed by atoms with Crippen molar-refractivity contribution in [2.75, 3.05) is 17.7 Å². The minimum Gasteiger partial charge on any atom is -0.382 e. The molecule has 128 valence electrons. The van der Waals surface area contributed by atoms with E-state index < -0.39 is 6.04 Å². The zero-order valence-corrected chi connectivity index (χ0v) is 13.6. The van der Waals surface area contributed by atoms with Crippen LogP contribution in [0.15, 0.2) is 24.9 Å². The van der Waals surface area contributed by atoms with Gasteiger partial charge in [0.05, 0.1) is 31.4 Å². The van der Waals surface area contributed by atoms with E-state index in [0.29, 0.717) is 30.1 Å². The van der Waals surface area contributed by atoms with Gasteiger partial charge >= 0.3 is 0 Å². The first-order valence-corrected chi connectivity index (χ1v) is 7.93. The molecule has 0 bridgehead atoms. The highest BCUT2D eigenvalue weighted by Crippen LogP contribution is 2.22. The van der Waals surface area contributed by atoms with Gasteiger partial charge in [-0.2, -0.15) is 0 Å². The molecule has 0 saturated heterocycles. The van der Waals surface area contributed by atoms with Crippen LogP contribution in [-0.2, 0) is 22.6 Å². The largest absolute Gasteiger partial charge is 0.382 e. The number of imidazole rings is 1. The molecule has 0 radical (unpaired) electrons. The van der Waals surface area contributed by atoms with Crippen LogP contribution in [0.5, 0.6) is 0 Å². The van der Waals surface area contributed by atoms with Crippen LogP contribution < -0.4 is 11.1 Å². The predicted molar refractivity (Wildman–Crippen MR) is 90.7 cm³/mol. The van der Waals surface area contributed by atoms with E-state index in [0.717, 1.165) is 17.7 Å². The van der Waals surface area contributed by atoms with E-state index in [9.17, 15) is 4.79 Å². The molecule has 3 N–H and O–H groups in total. The number of hydrogen-bond acceptors (Lipinski definition) is 7. The lowest BCUT2D eigenvalue weighted by atomic mass is 10.1. The summed E-state index contributed by atoms with van der Waals surface area (Å²) in [7, 11) is 0. The molecular formula is C16H17N7O2. The lowest BCUT2D eigenvalue weighted by Gasteiger charge is -2.18. The lowest BCUT2D eigenvalue weighted by molar-refractivity contribution is -0.118. The second-order valence-electron chi connectivity index (χ2n) is 5.88. The molecule has 0 saturated carbocycles. The van der Waals surface area contributed by atoms with Crippen LogP contribution in [0.25, 0.3) is 11.2 Å². The van der Waals surface area contributed by atoms with Crippen molar-refractivity contribution in [3.05, 3.63) is 36.2 Å². The maximum Gasteiger partial charge on any atom is 0.247 e. The third kappa shape index (κ3) is 2.78. The number of rotatable bonds is 3. The fraction of sp³-hybridized carbons (Fsp3) is 0.312. The molecule has 0 aromatic carbocycles. The summed E-state index contributed by atoms with van der Waals surface area (Å²) < 4.78 is 7.09. The molecule has 1 amide bonds. The molecule has 4 rings (SSSR count). The fourth-order valence-electron chi connectivity index (χ4n) is 2.83. The number of aromatic nitrogens is 5. The van der Waals surface area contributed by atoms with Gasteiger partial charge in [-0.05, 0) is 13.0 Å². The summed E-state index contributed by atoms with van der Waals surface area (Å²) in [6.07, 6.45) is 5.36. The third-order valence-corrected chi connectivity index (χ3v) is 4.25. The topological polar surface area (TPSA) is 121 Å². The van der Waals surface area contributed by atoms with E-state index in [2.05, 4.69) is 25.3 Å². The average molecular weight is 339 g/mol. The molecule has 1 unspecified atom stereocenters. The third-order valence-electron chi connectivity index (χ3n) is 4.25. The standard InChI is InChI=1S/C16H17N7O2/c1-9(23-8-21-13-14(17)19-7-20-15(13)23)16(24)22-11-4-10-6-25-3-2-12(10)18-5-11/h4-5,7-9H,2-3,6H2,1H3,(H,22,24)(H2,17,19,20). The summed E-state index contributed by atoms with van der Waals surface area (Å²) in [6.45, 7) is 2.97. The molecular weight excluding hydrogens is 322 g/mol. The molecule has 3 aromatic rings. The number of nitrogens with zero attached hydrogens (tertiary/aromatic N) is 5. The van der Waals surface area contributed by atoms with Gasteiger partial charge in [0.15, 0.2) is 11.5 Å². The number of anilines is 2. The number of hydrogen-bond donors (Lipinski definition) is 2. The van der Waals surface area contributed by atoms with Crippen molar-refractivity contribution in [3.8, 4) is 0 Å². The summed E-state index contributed by atoms with van der Waals surface area (Å²) >= 11 is 0. The Kier molecular flexibility index (Phi) is 3.77. The van der Waals surface area contributed by atoms with Gasteiger partial charge in [-0.1, -0.05) is 0 Å². The van der Waals surface area contributed by atoms with Gasteiger partial charge in [0, 0.05) is 17.7 Å². The van der Waals surface area contributed by atoms with Crippen molar-refractivity contribution < 1.29 is 9.53 Å². The molecule has 9 nitrogen and oxygen atoms in total. The SMILES string of the molecule is CC(C(=O)Nc1cnc2c(c1)COCC2)n1cnc2c(N)ncnc21. The smallest absolute Gasteiger partial charge is 0.247 e. The van der Waals surface area contributed by atoms with Crippen molar-refractivity contribution in [1.29, 1.82) is 0 Å². The van der Waals surface area contributed by atoms with Gasteiger partial charge in [0.1, 0.15) is 17.9 Å². The van der Waals surface area contributed by atoms with Gasteiger partial charge in [-0.25, -0.2) is 15.0 Å². The summed E-state index contributed by atoms with van der Waals surface area (Å²) in [5.41, 5.74) is 9.45. The highest BCUT2D eigenvalue weighted by Gasteiger charge is 2.20. The maximum atomic E-state index is 12.6. The predicted octanol–water partition coefficient (Wildman–Crippen LogP) is 1.08. The highest BCUT2D eigenvalue weighted by molar-refractivity contribution is 5.94. The van der Waals surface area contributed by atoms with Gasteiger partial charge in [0.2, 0.25) is 5.91 Å². The molecule has 4 heterocycles. The normalized spacial score (nSPS) is 14.9. The summed E-state index contributed by atoms with van der Waals surface area (Å²) in [4.78, 5) is 29.3. The van der Waals surface area contributed by atoms with E-state index in [-0.39, 0.29) is 11.7 Å². The highest BCUT2D eigenvalue weighted by atomic mass is 16.5. The number of ether oxygens (including phenoxy) is 1. The van der Waals surface area contributed by atoms with Crippen molar-refractivity contribution in [3.63, 3.8) is 0 Å². The second kappa shape index (κ2) is 6.10. The van der Waals surface area contributed by atoms with Gasteiger partial charge in [0.25, 0.3) is 0 Å². The van der Waals surface area contributed by atoms with Crippen molar-refractivity contribution in [1.82, 2.24) is 24.5 Å². The minimum atomic E-state index is -0.522. The number of nitrogen functional groups attached to an aromatic ring is 1. The van der Waals surface area contributed by atoms with Gasteiger partial charge in [-0.3, -0.25) is 9.78 Å². The zero-order chi connectivity index (χ0) is 17.4. The number of nitrogens with one attached hydrogen (secondary N) is 1. The minimum absolute atomic E-state index is 0.199. The Morgan fingerprint density at radius 3 is 3.12 bits per heavy atom. The molecule has 1 atom stereocenters. The molecule has 1 aliphatic heterocycles. The van der Waals surface area contributed by atoms with Crippen LogP contribution in [-0.4, -0.2) is 37.0 Å². The van der Waals surface area contributed by atoms with Crippen molar-refractivity contribution >= 4 is 28.6 Å². The molecule has 0 spiro atoms. The quantitative estimate of drug-likeness (QED) is 0.732. The average Bonchev–Trinajstić information content (AvgIpc) is 3.06. The fourth-order valence-corrected chi connectivity index (χ4v) is 2.83. The van der Waals surface area contributed by atoms with Gasteiger partial charge < -0.3 is 20.4 Å². The Bertz CT molecular complexity index is 953. The first-order valence-electron chi connectivity index (χ1n) is 7.93. The van der Waals surface area contributed by atoms with Crippen LogP contribution in [0.4, 0.5) is 11.5 Å². The van der Waals surface area contributed by atoms with E-state index in [1.54, 1.807) is 24.0 Å². The van der Waals surface area contributed by atoms with E-state index in [4.69, 9.17) is 10.5 Å². The summed E-state index contributed by atoms with van der Waals surface area (Å²) in [5, 5.41) is 2.88. The number of carbonyl (C=O) groups excluding carboxylic acids is 1. The molecule has 9 heteroatoms. The number of nitrogens with two attached hydrogens (primary N) is 1. The Labute approximate surface area is 143 Å². The lowest BCUT2D eigenvalue weighted by Crippen LogP contribution is -2.24. The maximum absolute atomic E-state index is 12.6. The Morgan fingerprint density at radius 1 is 1.36 bits per heavy atom. The number of amides is 1. The Balaban J connectivity index is 1.57. The van der Waals surface area contributed by atoms with Crippen LogP contribution in [0.1, 0.15) is 24.2 Å². The van der Waals surface area contributed by atoms with Crippen molar-refractivity contribution in [2.45, 2.75) is 26.0 Å². The Morgan fingerprint density at radius 2 is 2.24 bits per heavy atom. The Hall–Kier alpha value is -3.07. The zero-order valence-electron chi connectivity index (χ0n) is 13.6. The number of pyridine rings is 1. The van der Waals surface area contributed by atoms with E-state index in [1.165, 1.54) is 6.33 Å².